The Bertz CT molecular complexity index is 1400. The molecule has 1 aliphatic rings. The van der Waals surface area contributed by atoms with Gasteiger partial charge in [0.05, 0.1) is 6.42 Å². The Hall–Kier alpha value is -4.06. The fourth-order valence-electron chi connectivity index (χ4n) is 5.79. The summed E-state index contributed by atoms with van der Waals surface area (Å²) < 4.78 is 0. The van der Waals surface area contributed by atoms with Crippen LogP contribution in [-0.4, -0.2) is 48.4 Å². The third-order valence-electron chi connectivity index (χ3n) is 8.06. The first-order valence-electron chi connectivity index (χ1n) is 14.5. The van der Waals surface area contributed by atoms with E-state index in [1.807, 2.05) is 91.9 Å². The maximum absolute atomic E-state index is 14.2. The Kier molecular flexibility index (Phi) is 8.84. The Balaban J connectivity index is 1.49. The van der Waals surface area contributed by atoms with Crippen LogP contribution in [0.25, 0.3) is 10.9 Å². The van der Waals surface area contributed by atoms with Crippen LogP contribution in [-0.2, 0) is 22.4 Å². The summed E-state index contributed by atoms with van der Waals surface area (Å²) in [4.78, 5) is 35.4. The van der Waals surface area contributed by atoms with Crippen molar-refractivity contribution in [2.75, 3.05) is 25.5 Å². The van der Waals surface area contributed by atoms with Crippen molar-refractivity contribution in [2.24, 2.45) is 0 Å². The minimum absolute atomic E-state index is 0.0545. The lowest BCUT2D eigenvalue weighted by Gasteiger charge is -2.34. The second-order valence-corrected chi connectivity index (χ2v) is 11.1. The van der Waals surface area contributed by atoms with Crippen molar-refractivity contribution in [3.8, 4) is 0 Å². The highest BCUT2D eigenvalue weighted by Crippen LogP contribution is 2.28. The minimum Gasteiger partial charge on any atom is -0.378 e. The number of hydrogen-bond donors (Lipinski definition) is 2. The van der Waals surface area contributed by atoms with Gasteiger partial charge < -0.3 is 20.1 Å². The number of para-hydroxylation sites is 1. The number of rotatable bonds is 10. The summed E-state index contributed by atoms with van der Waals surface area (Å²) in [5, 5.41) is 4.37. The van der Waals surface area contributed by atoms with E-state index >= 15 is 0 Å². The van der Waals surface area contributed by atoms with Crippen molar-refractivity contribution in [3.63, 3.8) is 0 Å². The molecule has 6 nitrogen and oxygen atoms in total. The molecule has 0 aliphatic heterocycles. The number of carbonyl (C=O) groups excluding carboxylic acids is 2. The first-order chi connectivity index (χ1) is 19.5. The molecule has 0 radical (unpaired) electrons. The normalized spacial score (nSPS) is 14.6. The number of amides is 2. The minimum atomic E-state index is -0.709. The van der Waals surface area contributed by atoms with E-state index < -0.39 is 6.04 Å². The Morgan fingerprint density at radius 2 is 1.60 bits per heavy atom. The number of aromatic amines is 1. The average molecular weight is 537 g/mol. The molecular formula is C34H40N4O2. The quantitative estimate of drug-likeness (QED) is 0.260. The van der Waals surface area contributed by atoms with E-state index in [1.54, 1.807) is 4.90 Å². The first kappa shape index (κ1) is 27.5. The molecule has 1 heterocycles. The zero-order chi connectivity index (χ0) is 27.9. The number of aromatic nitrogens is 1. The molecule has 2 amide bonds. The van der Waals surface area contributed by atoms with Crippen molar-refractivity contribution in [2.45, 2.75) is 57.0 Å². The second kappa shape index (κ2) is 12.9. The predicted octanol–water partition coefficient (Wildman–Crippen LogP) is 6.04. The van der Waals surface area contributed by atoms with Gasteiger partial charge in [0.1, 0.15) is 6.04 Å². The molecule has 0 bridgehead atoms. The summed E-state index contributed by atoms with van der Waals surface area (Å²) in [5.74, 6) is -0.147. The fourth-order valence-corrected chi connectivity index (χ4v) is 5.79. The topological polar surface area (TPSA) is 68.4 Å². The van der Waals surface area contributed by atoms with Crippen LogP contribution in [0.15, 0.2) is 85.1 Å². The third kappa shape index (κ3) is 6.56. The Labute approximate surface area is 237 Å². The van der Waals surface area contributed by atoms with Crippen LogP contribution in [0, 0.1) is 0 Å². The summed E-state index contributed by atoms with van der Waals surface area (Å²) in [6.07, 6.45) is 8.27. The lowest BCUT2D eigenvalue weighted by Crippen LogP contribution is -2.48. The van der Waals surface area contributed by atoms with E-state index in [1.165, 1.54) is 6.42 Å². The van der Waals surface area contributed by atoms with Gasteiger partial charge in [0.15, 0.2) is 0 Å². The Morgan fingerprint density at radius 1 is 0.900 bits per heavy atom. The molecule has 0 saturated heterocycles. The summed E-state index contributed by atoms with van der Waals surface area (Å²) in [6, 6.07) is 25.7. The maximum Gasteiger partial charge on any atom is 0.247 e. The largest absolute Gasteiger partial charge is 0.378 e. The summed E-state index contributed by atoms with van der Waals surface area (Å²) in [5.41, 5.74) is 4.98. The van der Waals surface area contributed by atoms with E-state index in [4.69, 9.17) is 0 Å². The monoisotopic (exact) mass is 536 g/mol. The molecule has 6 heteroatoms. The third-order valence-corrected chi connectivity index (χ3v) is 8.06. The average Bonchev–Trinajstić information content (AvgIpc) is 3.39. The zero-order valence-corrected chi connectivity index (χ0v) is 23.6. The van der Waals surface area contributed by atoms with Crippen LogP contribution in [0.2, 0.25) is 0 Å². The smallest absolute Gasteiger partial charge is 0.247 e. The molecule has 1 saturated carbocycles. The van der Waals surface area contributed by atoms with Crippen molar-refractivity contribution >= 4 is 28.4 Å². The molecule has 3 aromatic carbocycles. The molecule has 0 spiro atoms. The molecule has 208 valence electrons. The van der Waals surface area contributed by atoms with Crippen LogP contribution in [0.5, 0.6) is 0 Å². The molecule has 2 N–H and O–H groups in total. The van der Waals surface area contributed by atoms with Crippen molar-refractivity contribution in [1.29, 1.82) is 0 Å². The Morgan fingerprint density at radius 3 is 2.33 bits per heavy atom. The number of benzene rings is 3. The highest BCUT2D eigenvalue weighted by molar-refractivity contribution is 5.92. The van der Waals surface area contributed by atoms with Gasteiger partial charge in [-0.05, 0) is 54.2 Å². The van der Waals surface area contributed by atoms with Gasteiger partial charge >= 0.3 is 0 Å². The maximum atomic E-state index is 14.2. The fraction of sp³-hybridized carbons (Fsp3) is 0.353. The van der Waals surface area contributed by atoms with E-state index in [9.17, 15) is 9.59 Å². The van der Waals surface area contributed by atoms with Crippen LogP contribution in [0.3, 0.4) is 0 Å². The number of nitrogens with one attached hydrogen (secondary N) is 2. The SMILES string of the molecule is CN(C)c1ccc([C@@H](C(=O)NC2CCCCC2)N(CCc2ccccc2)C(=O)Cc2c[nH]c3ccccc23)cc1. The van der Waals surface area contributed by atoms with Crippen LogP contribution >= 0.6 is 0 Å². The van der Waals surface area contributed by atoms with Gasteiger partial charge in [-0.15, -0.1) is 0 Å². The van der Waals surface area contributed by atoms with Gasteiger partial charge in [0.2, 0.25) is 11.8 Å². The van der Waals surface area contributed by atoms with Crippen molar-refractivity contribution in [3.05, 3.63) is 102 Å². The van der Waals surface area contributed by atoms with Crippen LogP contribution in [0.1, 0.15) is 54.8 Å². The number of H-pyrrole nitrogens is 1. The summed E-state index contributed by atoms with van der Waals surface area (Å²) in [6.45, 7) is 0.448. The molecule has 0 unspecified atom stereocenters. The number of carbonyl (C=O) groups is 2. The number of hydrogen-bond acceptors (Lipinski definition) is 3. The summed E-state index contributed by atoms with van der Waals surface area (Å²) >= 11 is 0. The second-order valence-electron chi connectivity index (χ2n) is 11.1. The van der Waals surface area contributed by atoms with E-state index in [0.29, 0.717) is 13.0 Å². The highest BCUT2D eigenvalue weighted by atomic mass is 16.2. The molecular weight excluding hydrogens is 496 g/mol. The lowest BCUT2D eigenvalue weighted by molar-refractivity contribution is -0.140. The van der Waals surface area contributed by atoms with Crippen molar-refractivity contribution < 1.29 is 9.59 Å². The highest BCUT2D eigenvalue weighted by Gasteiger charge is 2.33. The predicted molar refractivity (Wildman–Crippen MR) is 162 cm³/mol. The number of anilines is 1. The van der Waals surface area contributed by atoms with E-state index in [-0.39, 0.29) is 24.3 Å². The van der Waals surface area contributed by atoms with Gasteiger partial charge in [-0.3, -0.25) is 9.59 Å². The van der Waals surface area contributed by atoms with Gasteiger partial charge in [-0.1, -0.05) is 79.9 Å². The molecule has 1 atom stereocenters. The van der Waals surface area contributed by atoms with Gasteiger partial charge in [0, 0.05) is 49.5 Å². The first-order valence-corrected chi connectivity index (χ1v) is 14.5. The van der Waals surface area contributed by atoms with Crippen LogP contribution in [0.4, 0.5) is 5.69 Å². The molecule has 5 rings (SSSR count). The lowest BCUT2D eigenvalue weighted by atomic mass is 9.94. The molecule has 40 heavy (non-hydrogen) atoms. The van der Waals surface area contributed by atoms with Gasteiger partial charge in [-0.2, -0.15) is 0 Å². The van der Waals surface area contributed by atoms with Gasteiger partial charge in [-0.25, -0.2) is 0 Å². The van der Waals surface area contributed by atoms with Crippen LogP contribution < -0.4 is 10.2 Å². The standard InChI is InChI=1S/C34H40N4O2/c1-37(2)29-19-17-26(18-20-29)33(34(40)36-28-13-7-4-8-14-28)38(22-21-25-11-5-3-6-12-25)32(39)23-27-24-35-31-16-10-9-15-30(27)31/h3,5-6,9-12,15-20,24,28,33,35H,4,7-8,13-14,21-23H2,1-2H3,(H,36,40)/t33-/m0/s1. The molecule has 4 aromatic rings. The number of nitrogens with zero attached hydrogens (tertiary/aromatic N) is 2. The van der Waals surface area contributed by atoms with E-state index in [2.05, 4.69) is 22.4 Å². The zero-order valence-electron chi connectivity index (χ0n) is 23.6. The van der Waals surface area contributed by atoms with E-state index in [0.717, 1.165) is 59.0 Å². The van der Waals surface area contributed by atoms with Crippen molar-refractivity contribution in [1.82, 2.24) is 15.2 Å². The molecule has 1 fully saturated rings. The number of fused-ring (bicyclic) bond motifs is 1. The molecule has 1 aliphatic carbocycles. The molecule has 1 aromatic heterocycles. The van der Waals surface area contributed by atoms with Gasteiger partial charge in [0.25, 0.3) is 0 Å². The summed E-state index contributed by atoms with van der Waals surface area (Å²) in [7, 11) is 4.00.